The van der Waals surface area contributed by atoms with E-state index in [1.165, 1.54) is 11.0 Å². The van der Waals surface area contributed by atoms with E-state index in [4.69, 9.17) is 0 Å². The first kappa shape index (κ1) is 12.7. The van der Waals surface area contributed by atoms with Crippen LogP contribution in [0.2, 0.25) is 0 Å². The van der Waals surface area contributed by atoms with Gasteiger partial charge in [-0.3, -0.25) is 4.79 Å². The van der Waals surface area contributed by atoms with Gasteiger partial charge in [0.25, 0.3) is 0 Å². The van der Waals surface area contributed by atoms with Crippen molar-refractivity contribution >= 4 is 5.91 Å². The Bertz CT molecular complexity index is 339. The molecule has 5 heteroatoms. The van der Waals surface area contributed by atoms with Crippen LogP contribution in [-0.2, 0) is 11.3 Å². The van der Waals surface area contributed by atoms with E-state index in [9.17, 15) is 4.79 Å². The SMILES string of the molecule is C[C@H](N(C)C(=O)Cn1cncn1)C(C)(C)C. The second-order valence-corrected chi connectivity index (χ2v) is 5.14. The molecule has 90 valence electrons. The highest BCUT2D eigenvalue weighted by Gasteiger charge is 2.26. The summed E-state index contributed by atoms with van der Waals surface area (Å²) < 4.78 is 1.54. The van der Waals surface area contributed by atoms with E-state index in [1.807, 2.05) is 7.05 Å². The Balaban J connectivity index is 2.61. The summed E-state index contributed by atoms with van der Waals surface area (Å²) in [6.45, 7) is 8.67. The normalized spacial score (nSPS) is 13.6. The largest absolute Gasteiger partial charge is 0.341 e. The van der Waals surface area contributed by atoms with Gasteiger partial charge in [0, 0.05) is 13.1 Å². The maximum atomic E-state index is 11.9. The fourth-order valence-electron chi connectivity index (χ4n) is 1.36. The van der Waals surface area contributed by atoms with E-state index in [1.54, 1.807) is 11.2 Å². The third-order valence-electron chi connectivity index (χ3n) is 2.99. The second-order valence-electron chi connectivity index (χ2n) is 5.14. The average Bonchev–Trinajstić information content (AvgIpc) is 2.66. The summed E-state index contributed by atoms with van der Waals surface area (Å²) in [4.78, 5) is 17.5. The zero-order chi connectivity index (χ0) is 12.3. The maximum absolute atomic E-state index is 11.9. The van der Waals surface area contributed by atoms with Crippen LogP contribution in [0.1, 0.15) is 27.7 Å². The third-order valence-corrected chi connectivity index (χ3v) is 2.99. The predicted molar refractivity (Wildman–Crippen MR) is 61.7 cm³/mol. The minimum absolute atomic E-state index is 0.0490. The Morgan fingerprint density at radius 1 is 1.50 bits per heavy atom. The molecule has 0 bridgehead atoms. The Morgan fingerprint density at radius 3 is 2.56 bits per heavy atom. The summed E-state index contributed by atoms with van der Waals surface area (Å²) in [5.41, 5.74) is 0.0762. The molecule has 0 unspecified atom stereocenters. The number of carbonyl (C=O) groups is 1. The lowest BCUT2D eigenvalue weighted by Gasteiger charge is -2.35. The highest BCUT2D eigenvalue weighted by atomic mass is 16.2. The monoisotopic (exact) mass is 224 g/mol. The van der Waals surface area contributed by atoms with E-state index in [2.05, 4.69) is 37.8 Å². The molecule has 0 aliphatic heterocycles. The first-order chi connectivity index (χ1) is 7.32. The van der Waals surface area contributed by atoms with Gasteiger partial charge in [-0.1, -0.05) is 20.8 Å². The molecule has 1 aromatic rings. The second kappa shape index (κ2) is 4.63. The van der Waals surface area contributed by atoms with Crippen molar-refractivity contribution in [1.29, 1.82) is 0 Å². The quantitative estimate of drug-likeness (QED) is 0.774. The first-order valence-corrected chi connectivity index (χ1v) is 5.40. The van der Waals surface area contributed by atoms with E-state index < -0.39 is 0 Å². The van der Waals surface area contributed by atoms with Crippen molar-refractivity contribution in [2.75, 3.05) is 7.05 Å². The highest BCUT2D eigenvalue weighted by Crippen LogP contribution is 2.23. The molecule has 0 aromatic carbocycles. The molecule has 1 aromatic heterocycles. The van der Waals surface area contributed by atoms with Gasteiger partial charge in [0.1, 0.15) is 19.2 Å². The number of carbonyl (C=O) groups excluding carboxylic acids is 1. The van der Waals surface area contributed by atoms with Crippen molar-refractivity contribution in [2.24, 2.45) is 5.41 Å². The summed E-state index contributed by atoms with van der Waals surface area (Å²) in [7, 11) is 1.83. The summed E-state index contributed by atoms with van der Waals surface area (Å²) in [6, 6.07) is 0.184. The van der Waals surface area contributed by atoms with Crippen molar-refractivity contribution in [3.63, 3.8) is 0 Å². The van der Waals surface area contributed by atoms with Gasteiger partial charge in [-0.05, 0) is 12.3 Å². The number of likely N-dealkylation sites (N-methyl/N-ethyl adjacent to an activating group) is 1. The summed E-state index contributed by atoms with van der Waals surface area (Å²) >= 11 is 0. The molecule has 1 rings (SSSR count). The van der Waals surface area contributed by atoms with Crippen LogP contribution in [0.3, 0.4) is 0 Å². The lowest BCUT2D eigenvalue weighted by atomic mass is 9.87. The fraction of sp³-hybridized carbons (Fsp3) is 0.727. The van der Waals surface area contributed by atoms with Crippen LogP contribution in [-0.4, -0.2) is 38.7 Å². The lowest BCUT2D eigenvalue weighted by Crippen LogP contribution is -2.44. The van der Waals surface area contributed by atoms with Gasteiger partial charge >= 0.3 is 0 Å². The van der Waals surface area contributed by atoms with Crippen LogP contribution >= 0.6 is 0 Å². The zero-order valence-corrected chi connectivity index (χ0v) is 10.6. The van der Waals surface area contributed by atoms with Crippen LogP contribution in [0.4, 0.5) is 0 Å². The van der Waals surface area contributed by atoms with E-state index in [0.717, 1.165) is 0 Å². The van der Waals surface area contributed by atoms with Crippen molar-refractivity contribution < 1.29 is 4.79 Å². The van der Waals surface area contributed by atoms with E-state index in [-0.39, 0.29) is 23.9 Å². The Hall–Kier alpha value is -1.39. The van der Waals surface area contributed by atoms with Gasteiger partial charge in [-0.25, -0.2) is 9.67 Å². The van der Waals surface area contributed by atoms with Crippen LogP contribution in [0.25, 0.3) is 0 Å². The number of amides is 1. The molecule has 0 fully saturated rings. The molecule has 0 N–H and O–H groups in total. The maximum Gasteiger partial charge on any atom is 0.244 e. The smallest absolute Gasteiger partial charge is 0.244 e. The van der Waals surface area contributed by atoms with E-state index in [0.29, 0.717) is 0 Å². The molecular weight excluding hydrogens is 204 g/mol. The van der Waals surface area contributed by atoms with Crippen LogP contribution in [0.5, 0.6) is 0 Å². The molecule has 0 aliphatic rings. The molecule has 1 amide bonds. The number of aromatic nitrogens is 3. The summed E-state index contributed by atoms with van der Waals surface area (Å²) in [6.07, 6.45) is 2.98. The van der Waals surface area contributed by atoms with Gasteiger partial charge < -0.3 is 4.90 Å². The molecule has 5 nitrogen and oxygen atoms in total. The average molecular weight is 224 g/mol. The molecule has 0 aliphatic carbocycles. The van der Waals surface area contributed by atoms with Gasteiger partial charge in [0.2, 0.25) is 5.91 Å². The standard InChI is InChI=1S/C11H20N4O/c1-9(11(2,3)4)14(5)10(16)6-15-8-12-7-13-15/h7-9H,6H2,1-5H3/t9-/m0/s1. The summed E-state index contributed by atoms with van der Waals surface area (Å²) in [5.74, 6) is 0.0490. The van der Waals surface area contributed by atoms with Crippen molar-refractivity contribution in [3.8, 4) is 0 Å². The molecular formula is C11H20N4O. The van der Waals surface area contributed by atoms with Gasteiger partial charge in [-0.2, -0.15) is 5.10 Å². The van der Waals surface area contributed by atoms with Crippen LogP contribution in [0, 0.1) is 5.41 Å². The first-order valence-electron chi connectivity index (χ1n) is 5.40. The Kier molecular flexibility index (Phi) is 3.67. The Labute approximate surface area is 96.5 Å². The molecule has 0 radical (unpaired) electrons. The predicted octanol–water partition coefficient (Wildman–Crippen LogP) is 1.17. The lowest BCUT2D eigenvalue weighted by molar-refractivity contribution is -0.134. The molecule has 0 spiro atoms. The minimum Gasteiger partial charge on any atom is -0.341 e. The topological polar surface area (TPSA) is 51.0 Å². The van der Waals surface area contributed by atoms with E-state index >= 15 is 0 Å². The van der Waals surface area contributed by atoms with Gasteiger partial charge in [0.05, 0.1) is 0 Å². The van der Waals surface area contributed by atoms with Crippen LogP contribution < -0.4 is 0 Å². The Morgan fingerprint density at radius 2 is 2.12 bits per heavy atom. The van der Waals surface area contributed by atoms with Crippen molar-refractivity contribution in [3.05, 3.63) is 12.7 Å². The molecule has 0 saturated carbocycles. The number of rotatable bonds is 3. The minimum atomic E-state index is 0.0490. The fourth-order valence-corrected chi connectivity index (χ4v) is 1.36. The van der Waals surface area contributed by atoms with Gasteiger partial charge in [-0.15, -0.1) is 0 Å². The zero-order valence-electron chi connectivity index (χ0n) is 10.6. The van der Waals surface area contributed by atoms with Crippen molar-refractivity contribution in [1.82, 2.24) is 19.7 Å². The highest BCUT2D eigenvalue weighted by molar-refractivity contribution is 5.75. The molecule has 0 saturated heterocycles. The molecule has 1 atom stereocenters. The summed E-state index contributed by atoms with van der Waals surface area (Å²) in [5, 5.41) is 3.92. The van der Waals surface area contributed by atoms with Gasteiger partial charge in [0.15, 0.2) is 0 Å². The number of hydrogen-bond acceptors (Lipinski definition) is 3. The van der Waals surface area contributed by atoms with Crippen molar-refractivity contribution in [2.45, 2.75) is 40.3 Å². The number of nitrogens with zero attached hydrogens (tertiary/aromatic N) is 4. The third kappa shape index (κ3) is 3.05. The molecule has 16 heavy (non-hydrogen) atoms. The number of hydrogen-bond donors (Lipinski definition) is 0. The molecule has 1 heterocycles. The van der Waals surface area contributed by atoms with Crippen LogP contribution in [0.15, 0.2) is 12.7 Å².